The van der Waals surface area contributed by atoms with Gasteiger partial charge in [-0.15, -0.1) is 0 Å². The molecule has 1 unspecified atom stereocenters. The summed E-state index contributed by atoms with van der Waals surface area (Å²) in [4.78, 5) is 6.81. The van der Waals surface area contributed by atoms with Gasteiger partial charge in [0.25, 0.3) is 0 Å². The maximum atomic E-state index is 4.31. The standard InChI is InChI=1S/C29H40N2/c1-29-14-12-25-24-9-7-23(31(2)3)17-20(24)6-8-26(25)28(29)11-10-27(29)21-4-5-22-18-30-15-13-19(22)16-21/h4-5,13,15-16,18,20,23-28H,6-12,14,17H2,1-3H3/t20-,23-,24-,25+,26+,27?,28-,29+/m0/s1. The number of hydrogen-bond acceptors (Lipinski definition) is 2. The normalized spacial score (nSPS) is 42.3. The van der Waals surface area contributed by atoms with Crippen LogP contribution in [0.5, 0.6) is 0 Å². The molecular weight excluding hydrogens is 376 g/mol. The van der Waals surface area contributed by atoms with Crippen LogP contribution in [0.3, 0.4) is 0 Å². The van der Waals surface area contributed by atoms with Crippen LogP contribution in [0, 0.1) is 35.0 Å². The summed E-state index contributed by atoms with van der Waals surface area (Å²) in [5.41, 5.74) is 2.11. The highest BCUT2D eigenvalue weighted by Gasteiger charge is 2.57. The number of nitrogens with zero attached hydrogens (tertiary/aromatic N) is 2. The van der Waals surface area contributed by atoms with Gasteiger partial charge >= 0.3 is 0 Å². The first kappa shape index (κ1) is 20.2. The highest BCUT2D eigenvalue weighted by molar-refractivity contribution is 5.82. The molecule has 0 N–H and O–H groups in total. The molecule has 0 radical (unpaired) electrons. The Morgan fingerprint density at radius 1 is 0.871 bits per heavy atom. The molecule has 4 aliphatic carbocycles. The van der Waals surface area contributed by atoms with Gasteiger partial charge in [-0.25, -0.2) is 0 Å². The van der Waals surface area contributed by atoms with E-state index in [1.165, 1.54) is 68.6 Å². The second kappa shape index (κ2) is 7.58. The number of fused-ring (bicyclic) bond motifs is 6. The first-order chi connectivity index (χ1) is 15.0. The van der Waals surface area contributed by atoms with E-state index < -0.39 is 0 Å². The lowest BCUT2D eigenvalue weighted by Gasteiger charge is -2.56. The van der Waals surface area contributed by atoms with E-state index in [9.17, 15) is 0 Å². The molecule has 166 valence electrons. The average molecular weight is 417 g/mol. The molecule has 0 spiro atoms. The van der Waals surface area contributed by atoms with Crippen LogP contribution < -0.4 is 0 Å². The molecule has 4 aliphatic rings. The van der Waals surface area contributed by atoms with Crippen LogP contribution in [0.2, 0.25) is 0 Å². The highest BCUT2D eigenvalue weighted by atomic mass is 15.1. The van der Waals surface area contributed by atoms with Crippen molar-refractivity contribution in [2.75, 3.05) is 14.1 Å². The molecule has 8 atom stereocenters. The third kappa shape index (κ3) is 3.19. The van der Waals surface area contributed by atoms with Gasteiger partial charge < -0.3 is 4.90 Å². The maximum Gasteiger partial charge on any atom is 0.0346 e. The molecule has 0 amide bonds. The van der Waals surface area contributed by atoms with E-state index in [0.29, 0.717) is 5.41 Å². The van der Waals surface area contributed by atoms with Crippen LogP contribution in [0.15, 0.2) is 36.7 Å². The highest BCUT2D eigenvalue weighted by Crippen LogP contribution is 2.66. The van der Waals surface area contributed by atoms with Crippen LogP contribution in [0.25, 0.3) is 10.8 Å². The van der Waals surface area contributed by atoms with Crippen molar-refractivity contribution >= 4 is 10.8 Å². The summed E-state index contributed by atoms with van der Waals surface area (Å²) in [7, 11) is 4.59. The third-order valence-corrected chi connectivity index (χ3v) is 10.7. The zero-order chi connectivity index (χ0) is 21.2. The third-order valence-electron chi connectivity index (χ3n) is 10.7. The lowest BCUT2D eigenvalue weighted by atomic mass is 9.49. The van der Waals surface area contributed by atoms with Crippen molar-refractivity contribution in [2.24, 2.45) is 35.0 Å². The van der Waals surface area contributed by atoms with E-state index >= 15 is 0 Å². The monoisotopic (exact) mass is 416 g/mol. The summed E-state index contributed by atoms with van der Waals surface area (Å²) in [6.07, 6.45) is 17.2. The predicted molar refractivity (Wildman–Crippen MR) is 129 cm³/mol. The molecule has 2 nitrogen and oxygen atoms in total. The lowest BCUT2D eigenvalue weighted by Crippen LogP contribution is -2.49. The van der Waals surface area contributed by atoms with Gasteiger partial charge in [-0.3, -0.25) is 4.98 Å². The molecule has 1 heterocycles. The van der Waals surface area contributed by atoms with Crippen molar-refractivity contribution in [1.29, 1.82) is 0 Å². The summed E-state index contributed by atoms with van der Waals surface area (Å²) in [5, 5.41) is 2.65. The molecule has 31 heavy (non-hydrogen) atoms. The van der Waals surface area contributed by atoms with E-state index in [1.54, 1.807) is 5.56 Å². The lowest BCUT2D eigenvalue weighted by molar-refractivity contribution is -0.0624. The van der Waals surface area contributed by atoms with Gasteiger partial charge in [0.2, 0.25) is 0 Å². The topological polar surface area (TPSA) is 16.1 Å². The van der Waals surface area contributed by atoms with Crippen molar-refractivity contribution < 1.29 is 0 Å². The number of rotatable bonds is 2. The summed E-state index contributed by atoms with van der Waals surface area (Å²) in [6, 6.07) is 10.3. The SMILES string of the molecule is CN(C)[C@H]1CC[C@H]2[C@@H](CC[C@@H]3[C@@H]2CC[C@]2(C)C(c4ccc5cnccc5c4)CC[C@@H]32)C1. The molecule has 4 fully saturated rings. The Labute approximate surface area is 188 Å². The van der Waals surface area contributed by atoms with E-state index in [-0.39, 0.29) is 0 Å². The fourth-order valence-corrected chi connectivity index (χ4v) is 9.16. The summed E-state index contributed by atoms with van der Waals surface area (Å²) < 4.78 is 0. The molecule has 0 bridgehead atoms. The van der Waals surface area contributed by atoms with Crippen LogP contribution in [0.4, 0.5) is 0 Å². The van der Waals surface area contributed by atoms with Gasteiger partial charge in [0.05, 0.1) is 0 Å². The number of pyridine rings is 1. The summed E-state index contributed by atoms with van der Waals surface area (Å²) in [6.45, 7) is 2.68. The smallest absolute Gasteiger partial charge is 0.0346 e. The molecule has 1 aromatic heterocycles. The molecule has 0 aliphatic heterocycles. The number of aromatic nitrogens is 1. The van der Waals surface area contributed by atoms with E-state index in [0.717, 1.165) is 41.5 Å². The second-order valence-corrected chi connectivity index (χ2v) is 12.0. The van der Waals surface area contributed by atoms with Gasteiger partial charge in [-0.05, 0) is 130 Å². The van der Waals surface area contributed by atoms with Gasteiger partial charge in [0, 0.05) is 23.8 Å². The van der Waals surface area contributed by atoms with Crippen LogP contribution >= 0.6 is 0 Å². The Balaban J connectivity index is 1.24. The minimum Gasteiger partial charge on any atom is -0.306 e. The molecule has 2 heteroatoms. The Kier molecular flexibility index (Phi) is 4.94. The average Bonchev–Trinajstić information content (AvgIpc) is 3.15. The fourth-order valence-electron chi connectivity index (χ4n) is 9.16. The first-order valence-corrected chi connectivity index (χ1v) is 13.0. The van der Waals surface area contributed by atoms with E-state index in [2.05, 4.69) is 55.2 Å². The van der Waals surface area contributed by atoms with Crippen molar-refractivity contribution in [1.82, 2.24) is 9.88 Å². The van der Waals surface area contributed by atoms with Gasteiger partial charge in [0.1, 0.15) is 0 Å². The largest absolute Gasteiger partial charge is 0.306 e. The van der Waals surface area contributed by atoms with Crippen LogP contribution in [0.1, 0.15) is 76.2 Å². The summed E-state index contributed by atoms with van der Waals surface area (Å²) >= 11 is 0. The molecule has 6 rings (SSSR count). The summed E-state index contributed by atoms with van der Waals surface area (Å²) in [5.74, 6) is 5.78. The number of benzene rings is 1. The molecular formula is C29H40N2. The van der Waals surface area contributed by atoms with E-state index in [1.807, 2.05) is 12.4 Å². The van der Waals surface area contributed by atoms with Crippen molar-refractivity contribution in [3.05, 3.63) is 42.2 Å². The minimum absolute atomic E-state index is 0.509. The van der Waals surface area contributed by atoms with Crippen molar-refractivity contribution in [3.8, 4) is 0 Å². The Hall–Kier alpha value is -1.41. The zero-order valence-electron chi connectivity index (χ0n) is 19.8. The van der Waals surface area contributed by atoms with Crippen LogP contribution in [-0.4, -0.2) is 30.0 Å². The van der Waals surface area contributed by atoms with Crippen LogP contribution in [-0.2, 0) is 0 Å². The second-order valence-electron chi connectivity index (χ2n) is 12.0. The molecule has 2 aromatic rings. The zero-order valence-corrected chi connectivity index (χ0v) is 19.8. The number of hydrogen-bond donors (Lipinski definition) is 0. The molecule has 1 aromatic carbocycles. The van der Waals surface area contributed by atoms with Crippen molar-refractivity contribution in [2.45, 2.75) is 76.7 Å². The van der Waals surface area contributed by atoms with Gasteiger partial charge in [-0.2, -0.15) is 0 Å². The Morgan fingerprint density at radius 2 is 1.74 bits per heavy atom. The predicted octanol–water partition coefficient (Wildman–Crippen LogP) is 6.90. The first-order valence-electron chi connectivity index (χ1n) is 13.0. The van der Waals surface area contributed by atoms with Gasteiger partial charge in [0.15, 0.2) is 0 Å². The molecule has 4 saturated carbocycles. The maximum absolute atomic E-state index is 4.31. The Morgan fingerprint density at radius 3 is 2.61 bits per heavy atom. The minimum atomic E-state index is 0.509. The van der Waals surface area contributed by atoms with E-state index in [4.69, 9.17) is 0 Å². The quantitative estimate of drug-likeness (QED) is 0.529. The Bertz CT molecular complexity index is 951. The van der Waals surface area contributed by atoms with Gasteiger partial charge in [-0.1, -0.05) is 25.1 Å². The molecule has 0 saturated heterocycles. The fraction of sp³-hybridized carbons (Fsp3) is 0.690. The van der Waals surface area contributed by atoms with Crippen molar-refractivity contribution in [3.63, 3.8) is 0 Å².